The predicted molar refractivity (Wildman–Crippen MR) is 121 cm³/mol. The third kappa shape index (κ3) is 5.93. The van der Waals surface area contributed by atoms with Crippen LogP contribution in [0.25, 0.3) is 11.2 Å². The quantitative estimate of drug-likeness (QED) is 0.104. The van der Waals surface area contributed by atoms with Crippen molar-refractivity contribution in [1.82, 2.24) is 19.5 Å². The van der Waals surface area contributed by atoms with Crippen LogP contribution in [0, 0.1) is 0 Å². The van der Waals surface area contributed by atoms with E-state index in [0.717, 1.165) is 6.33 Å². The average Bonchev–Trinajstić information content (AvgIpc) is 3.39. The van der Waals surface area contributed by atoms with Crippen molar-refractivity contribution in [2.75, 3.05) is 18.9 Å². The lowest BCUT2D eigenvalue weighted by molar-refractivity contribution is -0.280. The molecule has 0 aromatic carbocycles. The molecule has 2 saturated heterocycles. The molecule has 0 bridgehead atoms. The van der Waals surface area contributed by atoms with Crippen molar-refractivity contribution < 1.29 is 67.5 Å². The van der Waals surface area contributed by atoms with Gasteiger partial charge in [0.15, 0.2) is 24.0 Å². The van der Waals surface area contributed by atoms with Crippen LogP contribution in [0.3, 0.4) is 0 Å². The van der Waals surface area contributed by atoms with E-state index in [4.69, 9.17) is 27.3 Å². The van der Waals surface area contributed by atoms with Gasteiger partial charge < -0.3 is 67.4 Å². The largest absolute Gasteiger partial charge is 0.479 e. The Morgan fingerprint density at radius 2 is 1.68 bits per heavy atom. The molecule has 2 aromatic heterocycles. The molecule has 2 fully saturated rings. The Balaban J connectivity index is 1.38. The molecule has 11 atom stereocenters. The molecule has 0 aliphatic carbocycles. The summed E-state index contributed by atoms with van der Waals surface area (Å²) < 4.78 is 50.3. The van der Waals surface area contributed by atoms with Crippen molar-refractivity contribution in [2.24, 2.45) is 0 Å². The summed E-state index contributed by atoms with van der Waals surface area (Å²) >= 11 is 0. The first-order valence-corrected chi connectivity index (χ1v) is 13.9. The molecule has 38 heavy (non-hydrogen) atoms. The monoisotopic (exact) mass is 583 g/mol. The lowest BCUT2D eigenvalue weighted by atomic mass is 10.00. The zero-order chi connectivity index (χ0) is 28.0. The molecule has 9 N–H and O–H groups in total. The minimum absolute atomic E-state index is 0.0576. The molecule has 0 saturated carbocycles. The number of phosphoric acid groups is 1. The van der Waals surface area contributed by atoms with E-state index in [-0.39, 0.29) is 17.0 Å². The van der Waals surface area contributed by atoms with Gasteiger partial charge in [0, 0.05) is 0 Å². The van der Waals surface area contributed by atoms with Crippen LogP contribution in [-0.4, -0.2) is 125 Å². The van der Waals surface area contributed by atoms with Gasteiger partial charge in [-0.15, -0.1) is 0 Å². The van der Waals surface area contributed by atoms with Gasteiger partial charge in [-0.3, -0.25) is 9.09 Å². The minimum atomic E-state index is -5.44. The van der Waals surface area contributed by atoms with Crippen molar-refractivity contribution in [3.63, 3.8) is 0 Å². The molecule has 4 rings (SSSR count). The van der Waals surface area contributed by atoms with E-state index < -0.39 is 83.8 Å². The number of nitrogens with two attached hydrogens (primary N) is 1. The number of aliphatic hydroxyl groups excluding tert-OH is 6. The maximum atomic E-state index is 12.5. The number of fused-ring (bicyclic) bond motifs is 1. The molecule has 5 unspecified atom stereocenters. The molecule has 0 spiro atoms. The first-order valence-electron chi connectivity index (χ1n) is 10.8. The van der Waals surface area contributed by atoms with Crippen molar-refractivity contribution in [1.29, 1.82) is 0 Å². The number of aromatic nitrogens is 4. The van der Waals surface area contributed by atoms with E-state index >= 15 is 0 Å². The van der Waals surface area contributed by atoms with Gasteiger partial charge in [0.25, 0.3) is 0 Å². The number of phosphoric ester groups is 1. The highest BCUT2D eigenvalue weighted by Gasteiger charge is 2.48. The van der Waals surface area contributed by atoms with Gasteiger partial charge in [0.2, 0.25) is 0 Å². The molecular weight excluding hydrogens is 559 g/mol. The van der Waals surface area contributed by atoms with E-state index in [1.807, 2.05) is 0 Å². The van der Waals surface area contributed by atoms with Gasteiger partial charge in [-0.2, -0.15) is 0 Å². The van der Waals surface area contributed by atoms with E-state index in [0.29, 0.717) is 0 Å². The fraction of sp³-hybridized carbons (Fsp3) is 0.688. The SMILES string of the molecule is [B-]P(=O)(OC[C@H]1O[C@@H](n2cnc3c(N)ncnc32)C(O)[C@H]1O)OP(=O)(O)O[C@@H]1OC(CO)[C@H](O)[C@H](O)C1O. The summed E-state index contributed by atoms with van der Waals surface area (Å²) in [6, 6.07) is 0. The molecule has 22 heteroatoms. The fourth-order valence-electron chi connectivity index (χ4n) is 3.80. The van der Waals surface area contributed by atoms with Crippen LogP contribution < -0.4 is 5.73 Å². The number of nitrogen functional groups attached to an aromatic ring is 1. The second-order valence-corrected chi connectivity index (χ2v) is 11.5. The summed E-state index contributed by atoms with van der Waals surface area (Å²) in [5.41, 5.74) is 6.11. The van der Waals surface area contributed by atoms with Gasteiger partial charge in [-0.1, -0.05) is 0 Å². The standard InChI is InChI=1S/C16H24BN5O14P2/c17-37(29,36-38(30,31)35-16-12(28)10(26)8(24)5(1-23)34-16)32-2-6-9(25)11(27)15(33-6)22-4-21-7-13(18)19-3-20-14(7)22/h3-6,8-12,15-16,23-28H,1-2H2,(H,30,31)(H2,18,19,20)/q-1/t5?,6-,8+,9+,10+,11?,12?,15-,16+,37?/m1/s1. The van der Waals surface area contributed by atoms with Crippen molar-refractivity contribution in [3.8, 4) is 0 Å². The molecular formula is C16H24BN5O14P2-. The van der Waals surface area contributed by atoms with E-state index in [9.17, 15) is 44.7 Å². The van der Waals surface area contributed by atoms with Crippen LogP contribution in [0.5, 0.6) is 0 Å². The molecule has 0 amide bonds. The van der Waals surface area contributed by atoms with Crippen LogP contribution >= 0.6 is 15.3 Å². The van der Waals surface area contributed by atoms with E-state index in [1.165, 1.54) is 10.9 Å². The third-order valence-corrected chi connectivity index (χ3v) is 8.44. The number of rotatable bonds is 9. The minimum Gasteiger partial charge on any atom is -0.443 e. The van der Waals surface area contributed by atoms with Gasteiger partial charge in [-0.25, -0.2) is 23.8 Å². The highest BCUT2D eigenvalue weighted by atomic mass is 31.3. The van der Waals surface area contributed by atoms with Crippen LogP contribution in [0.4, 0.5) is 5.82 Å². The van der Waals surface area contributed by atoms with Gasteiger partial charge in [0.05, 0.1) is 27.0 Å². The Morgan fingerprint density at radius 3 is 2.37 bits per heavy atom. The predicted octanol–water partition coefficient (Wildman–Crippen LogP) is -3.75. The Kier molecular flexibility index (Phi) is 8.59. The number of ether oxygens (including phenoxy) is 2. The highest BCUT2D eigenvalue weighted by molar-refractivity contribution is 7.83. The maximum absolute atomic E-state index is 12.5. The summed E-state index contributed by atoms with van der Waals surface area (Å²) in [6.07, 6.45) is -12.8. The molecule has 2 aromatic rings. The van der Waals surface area contributed by atoms with Crippen molar-refractivity contribution >= 4 is 39.8 Å². The lowest BCUT2D eigenvalue weighted by Crippen LogP contribution is -2.58. The Hall–Kier alpha value is -1.61. The van der Waals surface area contributed by atoms with E-state index in [2.05, 4.69) is 23.8 Å². The van der Waals surface area contributed by atoms with Crippen LogP contribution in [0.15, 0.2) is 12.7 Å². The fourth-order valence-corrected chi connectivity index (χ4v) is 6.09. The molecule has 211 valence electrons. The van der Waals surface area contributed by atoms with Gasteiger partial charge in [0.1, 0.15) is 54.6 Å². The van der Waals surface area contributed by atoms with Crippen LogP contribution in [-0.2, 0) is 32.0 Å². The third-order valence-electron chi connectivity index (χ3n) is 5.72. The summed E-state index contributed by atoms with van der Waals surface area (Å²) in [5.74, 6) is 0.0576. The summed E-state index contributed by atoms with van der Waals surface area (Å²) in [7, 11) is -5.04. The Bertz CT molecular complexity index is 1240. The first kappa shape index (κ1) is 29.4. The zero-order valence-corrected chi connectivity index (χ0v) is 20.9. The first-order chi connectivity index (χ1) is 17.7. The normalized spacial score (nSPS) is 37.2. The Labute approximate surface area is 214 Å². The van der Waals surface area contributed by atoms with Crippen molar-refractivity contribution in [3.05, 3.63) is 12.7 Å². The number of nitrogens with zero attached hydrogens (tertiary/aromatic N) is 4. The maximum Gasteiger partial charge on any atom is 0.479 e. The summed E-state index contributed by atoms with van der Waals surface area (Å²) in [4.78, 5) is 21.8. The van der Waals surface area contributed by atoms with Crippen molar-refractivity contribution in [2.45, 2.75) is 55.2 Å². The Morgan fingerprint density at radius 1 is 1.00 bits per heavy atom. The molecule has 3 radical (unpaired) electrons. The van der Waals surface area contributed by atoms with Crippen LogP contribution in [0.2, 0.25) is 0 Å². The van der Waals surface area contributed by atoms with Gasteiger partial charge in [-0.05, 0) is 0 Å². The number of hydrogen-bond donors (Lipinski definition) is 8. The number of imidazole rings is 1. The smallest absolute Gasteiger partial charge is 0.443 e. The van der Waals surface area contributed by atoms with Gasteiger partial charge >= 0.3 is 7.82 Å². The summed E-state index contributed by atoms with van der Waals surface area (Å²) in [5, 5.41) is 59.4. The summed E-state index contributed by atoms with van der Waals surface area (Å²) in [6.45, 7) is -1.67. The zero-order valence-electron chi connectivity index (χ0n) is 19.1. The second-order valence-electron chi connectivity index (χ2n) is 8.32. The molecule has 19 nitrogen and oxygen atoms in total. The van der Waals surface area contributed by atoms with Crippen LogP contribution in [0.1, 0.15) is 6.23 Å². The molecule has 2 aliphatic heterocycles. The molecule has 2 aliphatic rings. The number of aliphatic hydroxyl groups is 6. The average molecular weight is 583 g/mol. The second kappa shape index (κ2) is 11.1. The highest BCUT2D eigenvalue weighted by Crippen LogP contribution is 2.61. The molecule has 4 heterocycles. The topological polar surface area (TPSA) is 292 Å². The number of anilines is 1. The lowest BCUT2D eigenvalue weighted by Gasteiger charge is -2.40. The van der Waals surface area contributed by atoms with E-state index in [1.54, 1.807) is 0 Å². The number of hydrogen-bond acceptors (Lipinski definition) is 17.